The molecular weight excluding hydrogens is 210 g/mol. The van der Waals surface area contributed by atoms with Gasteiger partial charge < -0.3 is 10.2 Å². The zero-order valence-electron chi connectivity index (χ0n) is 9.94. The van der Waals surface area contributed by atoms with Crippen molar-refractivity contribution in [1.29, 1.82) is 0 Å². The fraction of sp³-hybridized carbons (Fsp3) is 0.889. The average Bonchev–Trinajstić information content (AvgIpc) is 2.30. The Balaban J connectivity index is 3.59. The van der Waals surface area contributed by atoms with Crippen LogP contribution in [-0.2, 0) is 0 Å². The minimum Gasteiger partial charge on any atom is -0.343 e. The lowest BCUT2D eigenvalue weighted by atomic mass is 10.2. The third-order valence-electron chi connectivity index (χ3n) is 2.27. The Kier molecular flexibility index (Phi) is 9.53. The van der Waals surface area contributed by atoms with Crippen molar-refractivity contribution in [2.45, 2.75) is 25.7 Å². The Morgan fingerprint density at radius 1 is 1.31 bits per heavy atom. The first-order chi connectivity index (χ1) is 7.76. The molecule has 0 rings (SSSR count). The van der Waals surface area contributed by atoms with E-state index >= 15 is 0 Å². The largest absolute Gasteiger partial charge is 0.343 e. The van der Waals surface area contributed by atoms with Gasteiger partial charge in [0.1, 0.15) is 0 Å². The van der Waals surface area contributed by atoms with Gasteiger partial charge in [0.2, 0.25) is 5.96 Å². The number of hydrogen-bond donors (Lipinski definition) is 3. The van der Waals surface area contributed by atoms with Crippen molar-refractivity contribution < 1.29 is 5.21 Å². The van der Waals surface area contributed by atoms with Crippen LogP contribution in [0, 0.1) is 4.91 Å². The van der Waals surface area contributed by atoms with Crippen LogP contribution in [-0.4, -0.2) is 43.3 Å². The van der Waals surface area contributed by atoms with E-state index in [2.05, 4.69) is 15.7 Å². The quantitative estimate of drug-likeness (QED) is 0.188. The fourth-order valence-electron chi connectivity index (χ4n) is 1.33. The number of unbranched alkanes of at least 4 members (excludes halogenated alkanes) is 3. The molecule has 0 atom stereocenters. The van der Waals surface area contributed by atoms with E-state index in [1.807, 2.05) is 12.5 Å². The van der Waals surface area contributed by atoms with Crippen molar-refractivity contribution in [2.75, 3.05) is 27.2 Å². The van der Waals surface area contributed by atoms with Crippen LogP contribution < -0.4 is 10.8 Å². The van der Waals surface area contributed by atoms with E-state index in [9.17, 15) is 4.91 Å². The number of guanidine groups is 1. The lowest BCUT2D eigenvalue weighted by Gasteiger charge is -2.18. The minimum absolute atomic E-state index is 0.0743. The molecule has 7 heteroatoms. The molecule has 0 amide bonds. The Bertz CT molecular complexity index is 210. The smallest absolute Gasteiger partial charge is 0.246 e. The van der Waals surface area contributed by atoms with Gasteiger partial charge in [0.05, 0.1) is 5.29 Å². The summed E-state index contributed by atoms with van der Waals surface area (Å²) in [6.45, 7) is 1.76. The summed E-state index contributed by atoms with van der Waals surface area (Å²) in [6, 6.07) is 0. The Morgan fingerprint density at radius 3 is 2.56 bits per heavy atom. The van der Waals surface area contributed by atoms with Crippen molar-refractivity contribution in [1.82, 2.24) is 15.7 Å². The highest BCUT2D eigenvalue weighted by atomic mass is 16.5. The summed E-state index contributed by atoms with van der Waals surface area (Å²) in [5, 5.41) is 17.3. The highest BCUT2D eigenvalue weighted by molar-refractivity contribution is 5.78. The van der Waals surface area contributed by atoms with E-state index in [0.29, 0.717) is 0 Å². The predicted molar refractivity (Wildman–Crippen MR) is 63.2 cm³/mol. The average molecular weight is 231 g/mol. The minimum atomic E-state index is 0.0743. The van der Waals surface area contributed by atoms with Crippen molar-refractivity contribution in [2.24, 2.45) is 10.4 Å². The van der Waals surface area contributed by atoms with E-state index in [0.717, 1.165) is 32.4 Å². The van der Waals surface area contributed by atoms with Crippen LogP contribution in [0.5, 0.6) is 0 Å². The second kappa shape index (κ2) is 10.3. The van der Waals surface area contributed by atoms with Gasteiger partial charge in [0.15, 0.2) is 0 Å². The van der Waals surface area contributed by atoms with Crippen LogP contribution in [0.4, 0.5) is 0 Å². The summed E-state index contributed by atoms with van der Waals surface area (Å²) >= 11 is 0. The molecule has 0 aliphatic carbocycles. The summed E-state index contributed by atoms with van der Waals surface area (Å²) in [5.41, 5.74) is 1.84. The van der Waals surface area contributed by atoms with Gasteiger partial charge in [-0.2, -0.15) is 0 Å². The fourth-order valence-corrected chi connectivity index (χ4v) is 1.33. The number of hydrogen-bond acceptors (Lipinski definition) is 4. The maximum Gasteiger partial charge on any atom is 0.246 e. The molecule has 94 valence electrons. The summed E-state index contributed by atoms with van der Waals surface area (Å²) in [7, 11) is 3.68. The summed E-state index contributed by atoms with van der Waals surface area (Å²) < 4.78 is 0. The molecule has 0 radical (unpaired) electrons. The summed E-state index contributed by atoms with van der Waals surface area (Å²) in [6.07, 6.45) is 4.42. The molecule has 7 nitrogen and oxygen atoms in total. The van der Waals surface area contributed by atoms with Crippen molar-refractivity contribution in [3.63, 3.8) is 0 Å². The first kappa shape index (κ1) is 14.8. The molecule has 0 aliphatic heterocycles. The Morgan fingerprint density at radius 2 is 2.00 bits per heavy atom. The Labute approximate surface area is 95.8 Å². The standard InChI is InChI=1S/C9H21N5O2/c1-10-7-5-3-4-6-8-14(2)9(12-15)11-13-16/h10,15H,3-8H2,1-2H3,(H,11,12,16). The number of hydroxylamine groups is 1. The SMILES string of the molecule is CNCCCCCCN(C)C(=NN=O)NO. The predicted octanol–water partition coefficient (Wildman–Crippen LogP) is 0.714. The number of nitrogens with zero attached hydrogens (tertiary/aromatic N) is 3. The van der Waals surface area contributed by atoms with Crippen LogP contribution >= 0.6 is 0 Å². The second-order valence-corrected chi connectivity index (χ2v) is 3.56. The van der Waals surface area contributed by atoms with Crippen molar-refractivity contribution >= 4 is 5.96 Å². The third kappa shape index (κ3) is 7.13. The summed E-state index contributed by atoms with van der Waals surface area (Å²) in [4.78, 5) is 11.6. The van der Waals surface area contributed by atoms with Crippen LogP contribution in [0.3, 0.4) is 0 Å². The molecule has 0 saturated heterocycles. The molecule has 3 N–H and O–H groups in total. The van der Waals surface area contributed by atoms with Gasteiger partial charge in [0, 0.05) is 13.6 Å². The molecule has 0 aromatic heterocycles. The van der Waals surface area contributed by atoms with Crippen LogP contribution in [0.1, 0.15) is 25.7 Å². The summed E-state index contributed by atoms with van der Waals surface area (Å²) in [5.74, 6) is 0.0743. The molecular formula is C9H21N5O2. The van der Waals surface area contributed by atoms with Crippen LogP contribution in [0.25, 0.3) is 0 Å². The van der Waals surface area contributed by atoms with Crippen LogP contribution in [0.15, 0.2) is 10.4 Å². The first-order valence-electron chi connectivity index (χ1n) is 5.42. The maximum atomic E-state index is 9.90. The number of rotatable bonds is 8. The number of nitrogens with one attached hydrogen (secondary N) is 2. The molecule has 0 unspecified atom stereocenters. The maximum absolute atomic E-state index is 9.90. The molecule has 0 aliphatic rings. The second-order valence-electron chi connectivity index (χ2n) is 3.56. The molecule has 0 aromatic rings. The van der Waals surface area contributed by atoms with Gasteiger partial charge in [-0.1, -0.05) is 17.9 Å². The van der Waals surface area contributed by atoms with E-state index in [-0.39, 0.29) is 5.96 Å². The van der Waals surface area contributed by atoms with Gasteiger partial charge in [-0.05, 0) is 26.4 Å². The monoisotopic (exact) mass is 231 g/mol. The topological polar surface area (TPSA) is 89.3 Å². The van der Waals surface area contributed by atoms with Crippen molar-refractivity contribution in [3.05, 3.63) is 4.91 Å². The molecule has 0 aromatic carbocycles. The first-order valence-corrected chi connectivity index (χ1v) is 5.42. The normalized spacial score (nSPS) is 11.3. The molecule has 0 fully saturated rings. The zero-order chi connectivity index (χ0) is 12.2. The highest BCUT2D eigenvalue weighted by Crippen LogP contribution is 2.00. The zero-order valence-corrected chi connectivity index (χ0v) is 9.94. The van der Waals surface area contributed by atoms with Crippen molar-refractivity contribution in [3.8, 4) is 0 Å². The number of nitroso groups, excluding NO2 is 1. The van der Waals surface area contributed by atoms with Gasteiger partial charge in [-0.3, -0.25) is 5.21 Å². The lowest BCUT2D eigenvalue weighted by Crippen LogP contribution is -2.37. The van der Waals surface area contributed by atoms with E-state index in [1.54, 1.807) is 11.9 Å². The Hall–Kier alpha value is -1.21. The molecule has 16 heavy (non-hydrogen) atoms. The van der Waals surface area contributed by atoms with E-state index in [1.165, 1.54) is 6.42 Å². The third-order valence-corrected chi connectivity index (χ3v) is 2.27. The van der Waals surface area contributed by atoms with Gasteiger partial charge in [-0.25, -0.2) is 5.48 Å². The molecule has 0 heterocycles. The molecule has 0 bridgehead atoms. The van der Waals surface area contributed by atoms with Gasteiger partial charge in [0.25, 0.3) is 0 Å². The molecule has 0 saturated carbocycles. The van der Waals surface area contributed by atoms with Gasteiger partial charge >= 0.3 is 0 Å². The van der Waals surface area contributed by atoms with Gasteiger partial charge in [-0.15, -0.1) is 4.91 Å². The molecule has 0 spiro atoms. The highest BCUT2D eigenvalue weighted by Gasteiger charge is 2.04. The van der Waals surface area contributed by atoms with E-state index in [4.69, 9.17) is 5.21 Å². The van der Waals surface area contributed by atoms with E-state index < -0.39 is 0 Å². The van der Waals surface area contributed by atoms with Crippen LogP contribution in [0.2, 0.25) is 0 Å². The lowest BCUT2D eigenvalue weighted by molar-refractivity contribution is 0.214.